The third-order valence-corrected chi connectivity index (χ3v) is 3.50. The largest absolute Gasteiger partial charge is 0.377 e. The summed E-state index contributed by atoms with van der Waals surface area (Å²) in [6.45, 7) is 9.95. The van der Waals surface area contributed by atoms with Gasteiger partial charge in [0.25, 0.3) is 0 Å². The van der Waals surface area contributed by atoms with Crippen LogP contribution in [0.2, 0.25) is 0 Å². The van der Waals surface area contributed by atoms with Crippen LogP contribution in [0.25, 0.3) is 0 Å². The molecule has 0 saturated carbocycles. The zero-order chi connectivity index (χ0) is 13.2. The van der Waals surface area contributed by atoms with Crippen molar-refractivity contribution in [3.63, 3.8) is 0 Å². The third-order valence-electron chi connectivity index (χ3n) is 3.50. The molecule has 0 amide bonds. The second-order valence-corrected chi connectivity index (χ2v) is 5.44. The Balaban J connectivity index is 1.97. The van der Waals surface area contributed by atoms with Gasteiger partial charge in [0.05, 0.1) is 6.10 Å². The Morgan fingerprint density at radius 1 is 1.22 bits per heavy atom. The van der Waals surface area contributed by atoms with E-state index in [1.165, 1.54) is 25.8 Å². The first kappa shape index (κ1) is 15.9. The monoisotopic (exact) mass is 257 g/mol. The summed E-state index contributed by atoms with van der Waals surface area (Å²) < 4.78 is 5.69. The molecule has 1 aliphatic heterocycles. The molecule has 0 aromatic carbocycles. The molecule has 0 aliphatic carbocycles. The van der Waals surface area contributed by atoms with Crippen LogP contribution in [0.3, 0.4) is 0 Å². The second-order valence-electron chi connectivity index (χ2n) is 5.44. The van der Waals surface area contributed by atoms with Crippen LogP contribution in [0.15, 0.2) is 0 Å². The van der Waals surface area contributed by atoms with Crippen molar-refractivity contribution in [3.8, 4) is 0 Å². The molecule has 18 heavy (non-hydrogen) atoms. The molecular formula is C14H31N3O. The molecule has 0 spiro atoms. The van der Waals surface area contributed by atoms with Crippen molar-refractivity contribution in [2.45, 2.75) is 32.3 Å². The molecule has 0 aromatic rings. The minimum Gasteiger partial charge on any atom is -0.377 e. The number of hydrogen-bond acceptors (Lipinski definition) is 4. The van der Waals surface area contributed by atoms with Crippen LogP contribution in [0.5, 0.6) is 0 Å². The Labute approximate surface area is 113 Å². The SMILES string of the molecule is CCN(CCNCCCN(C)C)CC1CCCO1. The average molecular weight is 257 g/mol. The van der Waals surface area contributed by atoms with Gasteiger partial charge in [-0.15, -0.1) is 0 Å². The molecule has 4 heteroatoms. The Morgan fingerprint density at radius 2 is 2.06 bits per heavy atom. The number of likely N-dealkylation sites (N-methyl/N-ethyl adjacent to an activating group) is 1. The lowest BCUT2D eigenvalue weighted by Crippen LogP contribution is -2.37. The highest BCUT2D eigenvalue weighted by molar-refractivity contribution is 4.70. The summed E-state index contributed by atoms with van der Waals surface area (Å²) in [5.41, 5.74) is 0. The van der Waals surface area contributed by atoms with Gasteiger partial charge in [-0.1, -0.05) is 6.92 Å². The number of rotatable bonds is 10. The van der Waals surface area contributed by atoms with E-state index < -0.39 is 0 Å². The zero-order valence-corrected chi connectivity index (χ0v) is 12.5. The summed E-state index contributed by atoms with van der Waals surface area (Å²) >= 11 is 0. The summed E-state index contributed by atoms with van der Waals surface area (Å²) in [4.78, 5) is 4.73. The predicted molar refractivity (Wildman–Crippen MR) is 77.1 cm³/mol. The molecule has 0 bridgehead atoms. The summed E-state index contributed by atoms with van der Waals surface area (Å²) in [5.74, 6) is 0. The smallest absolute Gasteiger partial charge is 0.0702 e. The fraction of sp³-hybridized carbons (Fsp3) is 1.00. The molecule has 4 nitrogen and oxygen atoms in total. The maximum absolute atomic E-state index is 5.69. The van der Waals surface area contributed by atoms with E-state index in [2.05, 4.69) is 36.1 Å². The molecule has 1 unspecified atom stereocenters. The standard InChI is InChI=1S/C14H31N3O/c1-4-17(13-14-7-5-12-18-14)11-9-15-8-6-10-16(2)3/h14-15H,4-13H2,1-3H3. The topological polar surface area (TPSA) is 27.7 Å². The lowest BCUT2D eigenvalue weighted by atomic mass is 10.2. The fourth-order valence-electron chi connectivity index (χ4n) is 2.34. The van der Waals surface area contributed by atoms with E-state index >= 15 is 0 Å². The van der Waals surface area contributed by atoms with E-state index in [1.807, 2.05) is 0 Å². The molecule has 108 valence electrons. The van der Waals surface area contributed by atoms with Crippen molar-refractivity contribution in [2.75, 3.05) is 60.0 Å². The second kappa shape index (κ2) is 9.73. The summed E-state index contributed by atoms with van der Waals surface area (Å²) in [7, 11) is 4.25. The molecule has 0 aromatic heterocycles. The number of nitrogens with one attached hydrogen (secondary N) is 1. The van der Waals surface area contributed by atoms with Crippen LogP contribution in [-0.4, -0.2) is 75.9 Å². The molecule has 1 saturated heterocycles. The van der Waals surface area contributed by atoms with Crippen molar-refractivity contribution in [1.29, 1.82) is 0 Å². The van der Waals surface area contributed by atoms with E-state index in [0.29, 0.717) is 6.10 Å². The van der Waals surface area contributed by atoms with Gasteiger partial charge in [-0.2, -0.15) is 0 Å². The minimum absolute atomic E-state index is 0.485. The first-order chi connectivity index (χ1) is 8.72. The van der Waals surface area contributed by atoms with Crippen LogP contribution in [0.1, 0.15) is 26.2 Å². The van der Waals surface area contributed by atoms with E-state index in [1.54, 1.807) is 0 Å². The van der Waals surface area contributed by atoms with Crippen LogP contribution < -0.4 is 5.32 Å². The van der Waals surface area contributed by atoms with E-state index in [0.717, 1.165) is 39.3 Å². The van der Waals surface area contributed by atoms with E-state index in [4.69, 9.17) is 4.74 Å². The lowest BCUT2D eigenvalue weighted by molar-refractivity contribution is 0.0751. The van der Waals surface area contributed by atoms with Gasteiger partial charge in [0.1, 0.15) is 0 Å². The van der Waals surface area contributed by atoms with Crippen LogP contribution >= 0.6 is 0 Å². The van der Waals surface area contributed by atoms with Crippen LogP contribution in [-0.2, 0) is 4.74 Å². The molecular weight excluding hydrogens is 226 g/mol. The highest BCUT2D eigenvalue weighted by Crippen LogP contribution is 2.12. The van der Waals surface area contributed by atoms with Gasteiger partial charge in [-0.25, -0.2) is 0 Å². The molecule has 1 fully saturated rings. The molecule has 1 N–H and O–H groups in total. The van der Waals surface area contributed by atoms with Crippen LogP contribution in [0, 0.1) is 0 Å². The number of nitrogens with zero attached hydrogens (tertiary/aromatic N) is 2. The Kier molecular flexibility index (Phi) is 8.59. The molecule has 1 heterocycles. The Bertz CT molecular complexity index is 193. The first-order valence-electron chi connectivity index (χ1n) is 7.41. The predicted octanol–water partition coefficient (Wildman–Crippen LogP) is 1.03. The number of hydrogen-bond donors (Lipinski definition) is 1. The van der Waals surface area contributed by atoms with Crippen LogP contribution in [0.4, 0.5) is 0 Å². The highest BCUT2D eigenvalue weighted by atomic mass is 16.5. The van der Waals surface area contributed by atoms with Crippen molar-refractivity contribution in [1.82, 2.24) is 15.1 Å². The van der Waals surface area contributed by atoms with Gasteiger partial charge in [0, 0.05) is 26.2 Å². The van der Waals surface area contributed by atoms with Crippen molar-refractivity contribution < 1.29 is 4.74 Å². The first-order valence-corrected chi connectivity index (χ1v) is 7.41. The van der Waals surface area contributed by atoms with Crippen molar-refractivity contribution in [2.24, 2.45) is 0 Å². The molecule has 1 rings (SSSR count). The Morgan fingerprint density at radius 3 is 2.67 bits per heavy atom. The summed E-state index contributed by atoms with van der Waals surface area (Å²) in [6, 6.07) is 0. The number of ether oxygens (including phenoxy) is 1. The van der Waals surface area contributed by atoms with Crippen molar-refractivity contribution in [3.05, 3.63) is 0 Å². The molecule has 0 radical (unpaired) electrons. The summed E-state index contributed by atoms with van der Waals surface area (Å²) in [6.07, 6.45) is 4.20. The maximum Gasteiger partial charge on any atom is 0.0702 e. The quantitative estimate of drug-likeness (QED) is 0.592. The van der Waals surface area contributed by atoms with Gasteiger partial charge < -0.3 is 15.0 Å². The lowest BCUT2D eigenvalue weighted by Gasteiger charge is -2.23. The normalized spacial score (nSPS) is 20.2. The maximum atomic E-state index is 5.69. The molecule has 1 aliphatic rings. The van der Waals surface area contributed by atoms with Gasteiger partial charge in [0.15, 0.2) is 0 Å². The Hall–Kier alpha value is -0.160. The third kappa shape index (κ3) is 7.31. The minimum atomic E-state index is 0.485. The van der Waals surface area contributed by atoms with Crippen molar-refractivity contribution >= 4 is 0 Å². The van der Waals surface area contributed by atoms with Gasteiger partial charge >= 0.3 is 0 Å². The van der Waals surface area contributed by atoms with Gasteiger partial charge in [0.2, 0.25) is 0 Å². The molecule has 1 atom stereocenters. The zero-order valence-electron chi connectivity index (χ0n) is 12.5. The van der Waals surface area contributed by atoms with E-state index in [-0.39, 0.29) is 0 Å². The fourth-order valence-corrected chi connectivity index (χ4v) is 2.34. The van der Waals surface area contributed by atoms with E-state index in [9.17, 15) is 0 Å². The average Bonchev–Trinajstić information content (AvgIpc) is 2.84. The van der Waals surface area contributed by atoms with Gasteiger partial charge in [-0.3, -0.25) is 4.90 Å². The van der Waals surface area contributed by atoms with Gasteiger partial charge in [-0.05, 0) is 53.0 Å². The highest BCUT2D eigenvalue weighted by Gasteiger charge is 2.17. The summed E-state index contributed by atoms with van der Waals surface area (Å²) in [5, 5.41) is 3.52.